The molecule has 1 heterocycles. The standard InChI is InChI=1S/C22H36O4/c1-10-7-11(2)18-16(8-10)20(24)14(5)17-12(3)9-13(4)21(15(6)23)26-22(25)19(17)18/h10-19,21,23H,7-9H2,1-6H3/t10-,11+,12+,13-,14+,15?,16-,17-,18-,19-,21-/m1/s1. The molecule has 2 aliphatic carbocycles. The highest BCUT2D eigenvalue weighted by molar-refractivity contribution is 5.88. The first kappa shape index (κ1) is 19.9. The third-order valence-electron chi connectivity index (χ3n) is 7.73. The molecule has 4 nitrogen and oxygen atoms in total. The number of ketones is 1. The first-order valence-electron chi connectivity index (χ1n) is 10.6. The van der Waals surface area contributed by atoms with Gasteiger partial charge in [0.15, 0.2) is 0 Å². The third-order valence-corrected chi connectivity index (χ3v) is 7.73. The molecule has 3 aliphatic rings. The number of hydrogen-bond acceptors (Lipinski definition) is 4. The van der Waals surface area contributed by atoms with Crippen molar-refractivity contribution in [1.29, 1.82) is 0 Å². The van der Waals surface area contributed by atoms with Gasteiger partial charge in [0.1, 0.15) is 11.9 Å². The number of carbonyl (C=O) groups is 2. The molecule has 0 aromatic heterocycles. The van der Waals surface area contributed by atoms with E-state index in [1.54, 1.807) is 6.92 Å². The van der Waals surface area contributed by atoms with Gasteiger partial charge in [-0.3, -0.25) is 9.59 Å². The maximum absolute atomic E-state index is 13.3. The fourth-order valence-electron chi connectivity index (χ4n) is 6.82. The Kier molecular flexibility index (Phi) is 5.54. The minimum Gasteiger partial charge on any atom is -0.459 e. The van der Waals surface area contributed by atoms with Crippen LogP contribution in [0.5, 0.6) is 0 Å². The van der Waals surface area contributed by atoms with Crippen LogP contribution in [0.1, 0.15) is 60.8 Å². The SMILES string of the molecule is CC(O)[C@@H]1OC(=O)[C@H]2[C@@H]3[C@@H](C)C[C@@H](C)C[C@H]3C(=O)[C@@H](C)[C@H]2[C@@H](C)C[C@H]1C. The molecule has 4 heteroatoms. The van der Waals surface area contributed by atoms with Gasteiger partial charge in [-0.1, -0.05) is 34.6 Å². The quantitative estimate of drug-likeness (QED) is 0.721. The van der Waals surface area contributed by atoms with Gasteiger partial charge < -0.3 is 9.84 Å². The van der Waals surface area contributed by atoms with E-state index in [-0.39, 0.29) is 47.4 Å². The topological polar surface area (TPSA) is 63.6 Å². The summed E-state index contributed by atoms with van der Waals surface area (Å²) >= 11 is 0. The second kappa shape index (κ2) is 7.26. The van der Waals surface area contributed by atoms with Crippen LogP contribution in [0.2, 0.25) is 0 Å². The number of aliphatic hydroxyl groups excluding tert-OH is 1. The van der Waals surface area contributed by atoms with E-state index in [1.165, 1.54) is 0 Å². The van der Waals surface area contributed by atoms with E-state index in [9.17, 15) is 14.7 Å². The summed E-state index contributed by atoms with van der Waals surface area (Å²) in [4.78, 5) is 26.5. The van der Waals surface area contributed by atoms with Gasteiger partial charge in [0, 0.05) is 11.8 Å². The first-order valence-corrected chi connectivity index (χ1v) is 10.6. The smallest absolute Gasteiger partial charge is 0.309 e. The summed E-state index contributed by atoms with van der Waals surface area (Å²) in [7, 11) is 0. The molecule has 0 spiro atoms. The molecule has 0 radical (unpaired) electrons. The highest BCUT2D eigenvalue weighted by Crippen LogP contribution is 2.54. The van der Waals surface area contributed by atoms with Crippen LogP contribution in [0, 0.1) is 53.3 Å². The first-order chi connectivity index (χ1) is 12.1. The van der Waals surface area contributed by atoms with Gasteiger partial charge in [-0.15, -0.1) is 0 Å². The molecular weight excluding hydrogens is 328 g/mol. The highest BCUT2D eigenvalue weighted by atomic mass is 16.6. The van der Waals surface area contributed by atoms with Crippen LogP contribution in [0.25, 0.3) is 0 Å². The number of esters is 1. The Morgan fingerprint density at radius 2 is 1.54 bits per heavy atom. The predicted molar refractivity (Wildman–Crippen MR) is 100 cm³/mol. The Balaban J connectivity index is 2.01. The Bertz CT molecular complexity index is 554. The molecule has 11 atom stereocenters. The van der Waals surface area contributed by atoms with Gasteiger partial charge in [0.05, 0.1) is 12.0 Å². The van der Waals surface area contributed by atoms with Gasteiger partial charge in [0.25, 0.3) is 0 Å². The van der Waals surface area contributed by atoms with Crippen LogP contribution in [0.15, 0.2) is 0 Å². The number of aliphatic hydroxyl groups is 1. The molecule has 0 aromatic rings. The zero-order valence-corrected chi connectivity index (χ0v) is 17.1. The van der Waals surface area contributed by atoms with Crippen molar-refractivity contribution in [2.75, 3.05) is 0 Å². The summed E-state index contributed by atoms with van der Waals surface area (Å²) in [6, 6.07) is 0. The molecule has 1 saturated heterocycles. The number of rotatable bonds is 1. The average molecular weight is 365 g/mol. The number of carbonyl (C=O) groups excluding carboxylic acids is 2. The van der Waals surface area contributed by atoms with Gasteiger partial charge >= 0.3 is 5.97 Å². The van der Waals surface area contributed by atoms with Crippen LogP contribution in [0.3, 0.4) is 0 Å². The number of Topliss-reactive ketones (excluding diaryl/α,β-unsaturated/α-hetero) is 1. The predicted octanol–water partition coefficient (Wildman–Crippen LogP) is 3.70. The second-order valence-electron chi connectivity index (χ2n) is 9.86. The van der Waals surface area contributed by atoms with Crippen LogP contribution >= 0.6 is 0 Å². The van der Waals surface area contributed by atoms with E-state index in [1.807, 2.05) is 13.8 Å². The molecule has 3 fully saturated rings. The van der Waals surface area contributed by atoms with Crippen molar-refractivity contribution in [2.24, 2.45) is 53.3 Å². The molecule has 26 heavy (non-hydrogen) atoms. The number of ether oxygens (including phenoxy) is 1. The summed E-state index contributed by atoms with van der Waals surface area (Å²) < 4.78 is 5.89. The average Bonchev–Trinajstić information content (AvgIpc) is 2.53. The molecule has 1 unspecified atom stereocenters. The highest BCUT2D eigenvalue weighted by Gasteiger charge is 2.57. The van der Waals surface area contributed by atoms with Crippen LogP contribution in [-0.2, 0) is 14.3 Å². The summed E-state index contributed by atoms with van der Waals surface area (Å²) in [5, 5.41) is 10.1. The van der Waals surface area contributed by atoms with E-state index < -0.39 is 12.2 Å². The number of hydrogen-bond donors (Lipinski definition) is 1. The van der Waals surface area contributed by atoms with Crippen molar-refractivity contribution in [3.8, 4) is 0 Å². The molecule has 0 bridgehead atoms. The fraction of sp³-hybridized carbons (Fsp3) is 0.909. The van der Waals surface area contributed by atoms with Crippen molar-refractivity contribution in [2.45, 2.75) is 73.0 Å². The Labute approximate surface area is 158 Å². The van der Waals surface area contributed by atoms with E-state index in [0.29, 0.717) is 17.6 Å². The van der Waals surface area contributed by atoms with Crippen LogP contribution < -0.4 is 0 Å². The minimum atomic E-state index is -0.667. The van der Waals surface area contributed by atoms with E-state index in [4.69, 9.17) is 4.74 Å². The molecule has 2 saturated carbocycles. The van der Waals surface area contributed by atoms with Crippen LogP contribution in [-0.4, -0.2) is 29.1 Å². The fourth-order valence-corrected chi connectivity index (χ4v) is 6.82. The zero-order chi connectivity index (χ0) is 19.3. The Hall–Kier alpha value is -0.900. The number of fused-ring (bicyclic) bond motifs is 3. The normalized spacial score (nSPS) is 50.7. The van der Waals surface area contributed by atoms with Gasteiger partial charge in [-0.25, -0.2) is 0 Å². The summed E-state index contributed by atoms with van der Waals surface area (Å²) in [5.41, 5.74) is 0. The van der Waals surface area contributed by atoms with Crippen molar-refractivity contribution in [1.82, 2.24) is 0 Å². The lowest BCUT2D eigenvalue weighted by atomic mass is 9.51. The largest absolute Gasteiger partial charge is 0.459 e. The third kappa shape index (κ3) is 3.23. The van der Waals surface area contributed by atoms with Crippen molar-refractivity contribution in [3.63, 3.8) is 0 Å². The lowest BCUT2D eigenvalue weighted by Crippen LogP contribution is -2.57. The number of cyclic esters (lactones) is 1. The molecule has 148 valence electrons. The minimum absolute atomic E-state index is 0.00778. The molecular formula is C22H36O4. The Morgan fingerprint density at radius 1 is 0.923 bits per heavy atom. The van der Waals surface area contributed by atoms with Gasteiger partial charge in [-0.05, 0) is 61.7 Å². The van der Waals surface area contributed by atoms with Crippen molar-refractivity contribution in [3.05, 3.63) is 0 Å². The van der Waals surface area contributed by atoms with E-state index in [2.05, 4.69) is 20.8 Å². The molecule has 0 amide bonds. The van der Waals surface area contributed by atoms with Crippen molar-refractivity contribution < 1.29 is 19.4 Å². The summed E-state index contributed by atoms with van der Waals surface area (Å²) in [6.07, 6.45) is 1.74. The lowest BCUT2D eigenvalue weighted by Gasteiger charge is -2.53. The van der Waals surface area contributed by atoms with Crippen molar-refractivity contribution >= 4 is 11.8 Å². The van der Waals surface area contributed by atoms with Gasteiger partial charge in [-0.2, -0.15) is 0 Å². The summed E-state index contributed by atoms with van der Waals surface area (Å²) in [6.45, 7) is 12.4. The van der Waals surface area contributed by atoms with E-state index in [0.717, 1.165) is 19.3 Å². The zero-order valence-electron chi connectivity index (χ0n) is 17.1. The molecule has 0 aromatic carbocycles. The van der Waals surface area contributed by atoms with Gasteiger partial charge in [0.2, 0.25) is 0 Å². The second-order valence-corrected chi connectivity index (χ2v) is 9.86. The molecule has 1 N–H and O–H groups in total. The summed E-state index contributed by atoms with van der Waals surface area (Å²) in [5.74, 6) is 1.31. The Morgan fingerprint density at radius 3 is 2.15 bits per heavy atom. The maximum atomic E-state index is 13.3. The lowest BCUT2D eigenvalue weighted by molar-refractivity contribution is -0.185. The van der Waals surface area contributed by atoms with Crippen LogP contribution in [0.4, 0.5) is 0 Å². The molecule has 1 aliphatic heterocycles. The molecule has 3 rings (SSSR count). The van der Waals surface area contributed by atoms with E-state index >= 15 is 0 Å². The maximum Gasteiger partial charge on any atom is 0.309 e. The monoisotopic (exact) mass is 364 g/mol.